The highest BCUT2D eigenvalue weighted by molar-refractivity contribution is 6.06. The molecule has 5 nitrogen and oxygen atoms in total. The van der Waals surface area contributed by atoms with E-state index in [2.05, 4.69) is 29.2 Å². The Morgan fingerprint density at radius 3 is 2.77 bits per heavy atom. The van der Waals surface area contributed by atoms with E-state index in [1.807, 2.05) is 27.0 Å². The van der Waals surface area contributed by atoms with E-state index < -0.39 is 0 Å². The van der Waals surface area contributed by atoms with Gasteiger partial charge in [0.05, 0.1) is 16.6 Å². The Balaban J connectivity index is 2.24. The van der Waals surface area contributed by atoms with Gasteiger partial charge in [-0.1, -0.05) is 26.2 Å². The maximum Gasteiger partial charge on any atom is 0.252 e. The number of aromatic nitrogens is 3. The topological polar surface area (TPSA) is 59.8 Å². The van der Waals surface area contributed by atoms with Crippen molar-refractivity contribution >= 4 is 16.9 Å². The van der Waals surface area contributed by atoms with Gasteiger partial charge in [-0.2, -0.15) is 5.10 Å². The number of rotatable bonds is 6. The first-order chi connectivity index (χ1) is 10.4. The summed E-state index contributed by atoms with van der Waals surface area (Å²) >= 11 is 0. The molecule has 0 aromatic carbocycles. The molecule has 1 unspecified atom stereocenters. The zero-order valence-electron chi connectivity index (χ0n) is 14.2. The second-order valence-corrected chi connectivity index (χ2v) is 6.09. The summed E-state index contributed by atoms with van der Waals surface area (Å²) in [7, 11) is 1.86. The summed E-state index contributed by atoms with van der Waals surface area (Å²) in [6.45, 7) is 8.07. The van der Waals surface area contributed by atoms with E-state index in [0.717, 1.165) is 35.3 Å². The van der Waals surface area contributed by atoms with E-state index >= 15 is 0 Å². The Bertz CT molecular complexity index is 675. The lowest BCUT2D eigenvalue weighted by Gasteiger charge is -2.14. The highest BCUT2D eigenvalue weighted by Gasteiger charge is 2.18. The quantitative estimate of drug-likeness (QED) is 0.833. The van der Waals surface area contributed by atoms with Gasteiger partial charge in [0.15, 0.2) is 5.65 Å². The summed E-state index contributed by atoms with van der Waals surface area (Å²) in [6.07, 6.45) is 4.56. The molecule has 22 heavy (non-hydrogen) atoms. The molecule has 0 aliphatic rings. The Morgan fingerprint density at radius 1 is 1.36 bits per heavy atom. The Labute approximate surface area is 132 Å². The van der Waals surface area contributed by atoms with Gasteiger partial charge >= 0.3 is 0 Å². The molecule has 1 N–H and O–H groups in total. The summed E-state index contributed by atoms with van der Waals surface area (Å²) in [5, 5.41) is 8.35. The van der Waals surface area contributed by atoms with E-state index in [-0.39, 0.29) is 11.9 Å². The van der Waals surface area contributed by atoms with Crippen LogP contribution in [-0.4, -0.2) is 26.7 Å². The van der Waals surface area contributed by atoms with Crippen molar-refractivity contribution in [1.82, 2.24) is 20.1 Å². The number of unbranched alkanes of at least 4 members (excludes halogenated alkanes) is 2. The second-order valence-electron chi connectivity index (χ2n) is 6.09. The molecule has 2 aromatic rings. The average molecular weight is 302 g/mol. The molecule has 5 heteroatoms. The highest BCUT2D eigenvalue weighted by atomic mass is 16.1. The Morgan fingerprint density at radius 2 is 2.09 bits per heavy atom. The Kier molecular flexibility index (Phi) is 5.16. The molecule has 1 atom stereocenters. The van der Waals surface area contributed by atoms with Crippen LogP contribution in [0, 0.1) is 13.8 Å². The third-order valence-electron chi connectivity index (χ3n) is 3.96. The molecule has 0 aliphatic carbocycles. The number of carbonyl (C=O) groups is 1. The van der Waals surface area contributed by atoms with Crippen LogP contribution in [0.2, 0.25) is 0 Å². The van der Waals surface area contributed by atoms with Crippen molar-refractivity contribution in [2.75, 3.05) is 0 Å². The molecule has 120 valence electrons. The van der Waals surface area contributed by atoms with Crippen LogP contribution < -0.4 is 5.32 Å². The fourth-order valence-corrected chi connectivity index (χ4v) is 2.82. The van der Waals surface area contributed by atoms with Crippen molar-refractivity contribution in [3.8, 4) is 0 Å². The fraction of sp³-hybridized carbons (Fsp3) is 0.588. The molecule has 0 fully saturated rings. The van der Waals surface area contributed by atoms with Gasteiger partial charge in [0, 0.05) is 18.8 Å². The van der Waals surface area contributed by atoms with Gasteiger partial charge in [-0.05, 0) is 33.3 Å². The molecular formula is C17H26N4O. The van der Waals surface area contributed by atoms with Crippen molar-refractivity contribution in [2.45, 2.75) is 59.4 Å². The van der Waals surface area contributed by atoms with E-state index in [9.17, 15) is 4.79 Å². The van der Waals surface area contributed by atoms with Crippen molar-refractivity contribution in [3.63, 3.8) is 0 Å². The number of carbonyl (C=O) groups excluding carboxylic acids is 1. The summed E-state index contributed by atoms with van der Waals surface area (Å²) in [5.74, 6) is -0.0319. The zero-order chi connectivity index (χ0) is 16.3. The lowest BCUT2D eigenvalue weighted by molar-refractivity contribution is 0.0939. The standard InChI is InChI=1S/C17H26N4O/c1-6-7-8-9-11(2)19-17(22)14-10-12(3)18-16-15(14)13(4)20-21(16)5/h10-11H,6-9H2,1-5H3,(H,19,22). The molecule has 0 aliphatic heterocycles. The first-order valence-corrected chi connectivity index (χ1v) is 8.05. The molecule has 2 aromatic heterocycles. The van der Waals surface area contributed by atoms with Gasteiger partial charge in [-0.3, -0.25) is 9.48 Å². The number of amides is 1. The molecule has 2 rings (SSSR count). The van der Waals surface area contributed by atoms with Crippen LogP contribution in [0.25, 0.3) is 11.0 Å². The first-order valence-electron chi connectivity index (χ1n) is 8.05. The molecule has 0 saturated carbocycles. The van der Waals surface area contributed by atoms with Crippen LogP contribution in [0.4, 0.5) is 0 Å². The smallest absolute Gasteiger partial charge is 0.252 e. The number of hydrogen-bond donors (Lipinski definition) is 1. The third kappa shape index (κ3) is 3.46. The van der Waals surface area contributed by atoms with Crippen LogP contribution in [0.3, 0.4) is 0 Å². The Hall–Kier alpha value is -1.91. The number of nitrogens with one attached hydrogen (secondary N) is 1. The minimum Gasteiger partial charge on any atom is -0.350 e. The molecule has 0 bridgehead atoms. The van der Waals surface area contributed by atoms with E-state index in [1.165, 1.54) is 12.8 Å². The average Bonchev–Trinajstić information content (AvgIpc) is 2.73. The lowest BCUT2D eigenvalue weighted by Crippen LogP contribution is -2.32. The van der Waals surface area contributed by atoms with Gasteiger partial charge in [0.2, 0.25) is 0 Å². The lowest BCUT2D eigenvalue weighted by atomic mass is 10.1. The number of aryl methyl sites for hydroxylation is 3. The molecule has 1 amide bonds. The maximum absolute atomic E-state index is 12.6. The summed E-state index contributed by atoms with van der Waals surface area (Å²) in [6, 6.07) is 2.03. The van der Waals surface area contributed by atoms with Gasteiger partial charge in [-0.15, -0.1) is 0 Å². The first kappa shape index (κ1) is 16.5. The summed E-state index contributed by atoms with van der Waals surface area (Å²) in [5.41, 5.74) is 3.12. The van der Waals surface area contributed by atoms with E-state index in [4.69, 9.17) is 0 Å². The predicted octanol–water partition coefficient (Wildman–Crippen LogP) is 3.28. The molecule has 2 heterocycles. The zero-order valence-corrected chi connectivity index (χ0v) is 14.2. The van der Waals surface area contributed by atoms with Gasteiger partial charge in [0.1, 0.15) is 0 Å². The van der Waals surface area contributed by atoms with Crippen molar-refractivity contribution in [3.05, 3.63) is 23.0 Å². The molecule has 0 saturated heterocycles. The van der Waals surface area contributed by atoms with Crippen LogP contribution in [-0.2, 0) is 7.05 Å². The minimum atomic E-state index is -0.0319. The summed E-state index contributed by atoms with van der Waals surface area (Å²) < 4.78 is 1.74. The van der Waals surface area contributed by atoms with Gasteiger partial charge in [0.25, 0.3) is 5.91 Å². The van der Waals surface area contributed by atoms with E-state index in [1.54, 1.807) is 4.68 Å². The number of hydrogen-bond acceptors (Lipinski definition) is 3. The summed E-state index contributed by atoms with van der Waals surface area (Å²) in [4.78, 5) is 17.1. The molecule has 0 radical (unpaired) electrons. The number of pyridine rings is 1. The van der Waals surface area contributed by atoms with Crippen LogP contribution >= 0.6 is 0 Å². The van der Waals surface area contributed by atoms with Crippen LogP contribution in [0.15, 0.2) is 6.07 Å². The van der Waals surface area contributed by atoms with Crippen LogP contribution in [0.5, 0.6) is 0 Å². The fourth-order valence-electron chi connectivity index (χ4n) is 2.82. The number of nitrogens with zero attached hydrogens (tertiary/aromatic N) is 3. The third-order valence-corrected chi connectivity index (χ3v) is 3.96. The van der Waals surface area contributed by atoms with Crippen LogP contribution in [0.1, 0.15) is 61.3 Å². The van der Waals surface area contributed by atoms with Gasteiger partial charge < -0.3 is 5.32 Å². The molecular weight excluding hydrogens is 276 g/mol. The number of fused-ring (bicyclic) bond motifs is 1. The highest BCUT2D eigenvalue weighted by Crippen LogP contribution is 2.21. The normalized spacial score (nSPS) is 12.6. The van der Waals surface area contributed by atoms with Crippen molar-refractivity contribution < 1.29 is 4.79 Å². The van der Waals surface area contributed by atoms with Crippen molar-refractivity contribution in [2.24, 2.45) is 7.05 Å². The largest absolute Gasteiger partial charge is 0.350 e. The van der Waals surface area contributed by atoms with Crippen molar-refractivity contribution in [1.29, 1.82) is 0 Å². The second kappa shape index (κ2) is 6.90. The SMILES string of the molecule is CCCCCC(C)NC(=O)c1cc(C)nc2c1c(C)nn2C. The monoisotopic (exact) mass is 302 g/mol. The van der Waals surface area contributed by atoms with E-state index in [0.29, 0.717) is 5.56 Å². The molecule has 0 spiro atoms. The van der Waals surface area contributed by atoms with Gasteiger partial charge in [-0.25, -0.2) is 4.98 Å². The minimum absolute atomic E-state index is 0.0319. The maximum atomic E-state index is 12.6. The predicted molar refractivity (Wildman–Crippen MR) is 89.1 cm³/mol.